The number of halogens is 1. The lowest BCUT2D eigenvalue weighted by Crippen LogP contribution is -1.89. The molecule has 2 aromatic carbocycles. The van der Waals surface area contributed by atoms with Crippen molar-refractivity contribution in [1.29, 1.82) is 0 Å². The van der Waals surface area contributed by atoms with Gasteiger partial charge in [0.15, 0.2) is 0 Å². The van der Waals surface area contributed by atoms with Crippen LogP contribution in [0.2, 0.25) is 0 Å². The van der Waals surface area contributed by atoms with Crippen LogP contribution in [0.5, 0.6) is 0 Å². The van der Waals surface area contributed by atoms with Gasteiger partial charge in [-0.05, 0) is 47.4 Å². The highest BCUT2D eigenvalue weighted by Crippen LogP contribution is 2.30. The van der Waals surface area contributed by atoms with Crippen LogP contribution in [0.1, 0.15) is 11.1 Å². The summed E-state index contributed by atoms with van der Waals surface area (Å²) in [6, 6.07) is 17.2. The summed E-state index contributed by atoms with van der Waals surface area (Å²) in [7, 11) is 0. The van der Waals surface area contributed by atoms with Crippen molar-refractivity contribution < 1.29 is 8.91 Å². The Balaban J connectivity index is 1.71. The first kappa shape index (κ1) is 16.1. The maximum Gasteiger partial charge on any atom is 0.258 e. The molecule has 4 aromatic rings. The summed E-state index contributed by atoms with van der Waals surface area (Å²) in [5.74, 6) is 0.820. The zero-order chi connectivity index (χ0) is 17.9. The van der Waals surface area contributed by atoms with Crippen LogP contribution in [0.25, 0.3) is 34.0 Å². The highest BCUT2D eigenvalue weighted by atomic mass is 19.1. The van der Waals surface area contributed by atoms with E-state index in [4.69, 9.17) is 4.52 Å². The monoisotopic (exact) mass is 345 g/mol. The third-order valence-electron chi connectivity index (χ3n) is 4.14. The molecule has 0 unspecified atom stereocenters. The van der Waals surface area contributed by atoms with Crippen LogP contribution in [0, 0.1) is 6.92 Å². The molecule has 2 heterocycles. The van der Waals surface area contributed by atoms with E-state index >= 15 is 0 Å². The second-order valence-corrected chi connectivity index (χ2v) is 6.05. The molecule has 0 radical (unpaired) electrons. The second kappa shape index (κ2) is 6.88. The standard InChI is InChI=1S/C21H16FN3O/c1-14-9-18(13-23-12-14)20-24-21(26-25-20)16-7-8-19(17(10-16)11-22)15-5-3-2-4-6-15/h2-10,12-13H,11H2,1H3. The molecule has 2 aromatic heterocycles. The average Bonchev–Trinajstić information content (AvgIpc) is 3.18. The molecule has 0 saturated heterocycles. The topological polar surface area (TPSA) is 51.8 Å². The molecule has 0 aliphatic heterocycles. The van der Waals surface area contributed by atoms with Gasteiger partial charge in [-0.1, -0.05) is 41.6 Å². The third-order valence-corrected chi connectivity index (χ3v) is 4.14. The molecule has 5 heteroatoms. The third kappa shape index (κ3) is 3.11. The fraction of sp³-hybridized carbons (Fsp3) is 0.0952. The molecule has 0 spiro atoms. The van der Waals surface area contributed by atoms with Gasteiger partial charge in [-0.2, -0.15) is 4.98 Å². The van der Waals surface area contributed by atoms with Crippen molar-refractivity contribution in [3.05, 3.63) is 78.1 Å². The van der Waals surface area contributed by atoms with E-state index in [1.165, 1.54) is 0 Å². The van der Waals surface area contributed by atoms with Crippen LogP contribution in [-0.2, 0) is 6.67 Å². The summed E-state index contributed by atoms with van der Waals surface area (Å²) >= 11 is 0. The van der Waals surface area contributed by atoms with Gasteiger partial charge in [-0.15, -0.1) is 0 Å². The first-order chi connectivity index (χ1) is 12.7. The summed E-state index contributed by atoms with van der Waals surface area (Å²) in [6.45, 7) is 1.38. The first-order valence-corrected chi connectivity index (χ1v) is 8.25. The van der Waals surface area contributed by atoms with E-state index in [0.717, 1.165) is 22.3 Å². The lowest BCUT2D eigenvalue weighted by atomic mass is 9.98. The maximum atomic E-state index is 13.6. The lowest BCUT2D eigenvalue weighted by Gasteiger charge is -2.08. The minimum Gasteiger partial charge on any atom is -0.334 e. The van der Waals surface area contributed by atoms with Crippen LogP contribution in [-0.4, -0.2) is 15.1 Å². The summed E-state index contributed by atoms with van der Waals surface area (Å²) in [5, 5.41) is 4.02. The number of aromatic nitrogens is 3. The molecule has 0 atom stereocenters. The van der Waals surface area contributed by atoms with Gasteiger partial charge in [0.25, 0.3) is 5.89 Å². The minimum atomic E-state index is -0.569. The van der Waals surface area contributed by atoms with Crippen LogP contribution in [0.15, 0.2) is 71.5 Å². The van der Waals surface area contributed by atoms with E-state index in [2.05, 4.69) is 15.1 Å². The van der Waals surface area contributed by atoms with Gasteiger partial charge >= 0.3 is 0 Å². The van der Waals surface area contributed by atoms with Crippen LogP contribution in [0.4, 0.5) is 4.39 Å². The predicted octanol–water partition coefficient (Wildman–Crippen LogP) is 5.24. The molecule has 0 saturated carbocycles. The summed E-state index contributed by atoms with van der Waals surface area (Å²) in [6.07, 6.45) is 3.45. The normalized spacial score (nSPS) is 10.8. The zero-order valence-electron chi connectivity index (χ0n) is 14.2. The number of rotatable bonds is 4. The van der Waals surface area contributed by atoms with Gasteiger partial charge in [-0.3, -0.25) is 4.98 Å². The Morgan fingerprint density at radius 2 is 1.77 bits per heavy atom. The van der Waals surface area contributed by atoms with Crippen molar-refractivity contribution in [3.8, 4) is 34.0 Å². The fourth-order valence-electron chi connectivity index (χ4n) is 2.87. The fourth-order valence-corrected chi connectivity index (χ4v) is 2.87. The SMILES string of the molecule is Cc1cncc(-c2noc(-c3ccc(-c4ccccc4)c(CF)c3)n2)c1. The van der Waals surface area contributed by atoms with Crippen molar-refractivity contribution in [1.82, 2.24) is 15.1 Å². The molecule has 4 rings (SSSR count). The molecule has 0 aliphatic carbocycles. The quantitative estimate of drug-likeness (QED) is 0.507. The van der Waals surface area contributed by atoms with Crippen LogP contribution in [0.3, 0.4) is 0 Å². The second-order valence-electron chi connectivity index (χ2n) is 6.05. The number of benzene rings is 2. The smallest absolute Gasteiger partial charge is 0.258 e. The van der Waals surface area contributed by atoms with E-state index in [-0.39, 0.29) is 0 Å². The number of hydrogen-bond donors (Lipinski definition) is 0. The molecule has 128 valence electrons. The predicted molar refractivity (Wildman–Crippen MR) is 98.0 cm³/mol. The summed E-state index contributed by atoms with van der Waals surface area (Å²) in [4.78, 5) is 8.57. The molecule has 4 nitrogen and oxygen atoms in total. The van der Waals surface area contributed by atoms with E-state index in [0.29, 0.717) is 22.8 Å². The Morgan fingerprint density at radius 1 is 0.923 bits per heavy atom. The molecule has 0 aliphatic rings. The largest absolute Gasteiger partial charge is 0.334 e. The van der Waals surface area contributed by atoms with Crippen molar-refractivity contribution in [2.24, 2.45) is 0 Å². The number of hydrogen-bond acceptors (Lipinski definition) is 4. The van der Waals surface area contributed by atoms with Gasteiger partial charge in [0.2, 0.25) is 5.82 Å². The van der Waals surface area contributed by atoms with E-state index < -0.39 is 6.67 Å². The van der Waals surface area contributed by atoms with Crippen molar-refractivity contribution in [3.63, 3.8) is 0 Å². The highest BCUT2D eigenvalue weighted by Gasteiger charge is 2.14. The van der Waals surface area contributed by atoms with Gasteiger partial charge in [-0.25, -0.2) is 4.39 Å². The number of pyridine rings is 1. The molecular weight excluding hydrogens is 329 g/mol. The van der Waals surface area contributed by atoms with Crippen molar-refractivity contribution in [2.75, 3.05) is 0 Å². The molecule has 0 amide bonds. The van der Waals surface area contributed by atoms with E-state index in [9.17, 15) is 4.39 Å². The molecular formula is C21H16FN3O. The number of aryl methyl sites for hydroxylation is 1. The zero-order valence-corrected chi connectivity index (χ0v) is 14.2. The Kier molecular flexibility index (Phi) is 4.27. The van der Waals surface area contributed by atoms with Gasteiger partial charge in [0, 0.05) is 23.5 Å². The Hall–Kier alpha value is -3.34. The molecule has 0 bridgehead atoms. The summed E-state index contributed by atoms with van der Waals surface area (Å²) < 4.78 is 19.0. The molecule has 26 heavy (non-hydrogen) atoms. The first-order valence-electron chi connectivity index (χ1n) is 8.25. The minimum absolute atomic E-state index is 0.357. The summed E-state index contributed by atoms with van der Waals surface area (Å²) in [5.41, 5.74) is 4.91. The average molecular weight is 345 g/mol. The van der Waals surface area contributed by atoms with Crippen molar-refractivity contribution >= 4 is 0 Å². The van der Waals surface area contributed by atoms with Crippen LogP contribution >= 0.6 is 0 Å². The maximum absolute atomic E-state index is 13.6. The van der Waals surface area contributed by atoms with Gasteiger partial charge in [0.1, 0.15) is 6.67 Å². The van der Waals surface area contributed by atoms with E-state index in [1.807, 2.05) is 55.5 Å². The molecule has 0 N–H and O–H groups in total. The van der Waals surface area contributed by atoms with Crippen LogP contribution < -0.4 is 0 Å². The van der Waals surface area contributed by atoms with E-state index in [1.54, 1.807) is 18.5 Å². The number of nitrogens with zero attached hydrogens (tertiary/aromatic N) is 3. The van der Waals surface area contributed by atoms with Crippen molar-refractivity contribution in [2.45, 2.75) is 13.6 Å². The lowest BCUT2D eigenvalue weighted by molar-refractivity contribution is 0.432. The molecule has 0 fully saturated rings. The van der Waals surface area contributed by atoms with Gasteiger partial charge < -0.3 is 4.52 Å². The number of alkyl halides is 1. The Labute approximate surface area is 150 Å². The highest BCUT2D eigenvalue weighted by molar-refractivity contribution is 5.71. The Morgan fingerprint density at radius 3 is 2.54 bits per heavy atom. The van der Waals surface area contributed by atoms with Gasteiger partial charge in [0.05, 0.1) is 0 Å². The Bertz CT molecular complexity index is 1040.